The Morgan fingerprint density at radius 1 is 0.554 bits per heavy atom. The maximum absolute atomic E-state index is 13.4. The number of carbonyl (C=O) groups is 2. The average molecular weight is 1030 g/mol. The summed E-state index contributed by atoms with van der Waals surface area (Å²) in [5, 5.41) is 56.7. The molecule has 0 aromatic rings. The van der Waals surface area contributed by atoms with Crippen LogP contribution in [0, 0.1) is 0 Å². The van der Waals surface area contributed by atoms with Crippen molar-refractivity contribution in [1.29, 1.82) is 0 Å². The van der Waals surface area contributed by atoms with E-state index in [9.17, 15) is 35.1 Å². The first-order valence-corrected chi connectivity index (χ1v) is 28.5. The lowest BCUT2D eigenvalue weighted by Crippen LogP contribution is -2.61. The van der Waals surface area contributed by atoms with Crippen LogP contribution in [0.3, 0.4) is 0 Å². The molecule has 8 atom stereocenters. The van der Waals surface area contributed by atoms with Gasteiger partial charge in [-0.25, -0.2) is 0 Å². The van der Waals surface area contributed by atoms with Gasteiger partial charge in [-0.2, -0.15) is 0 Å². The number of allylic oxidation sites excluding steroid dienone is 21. The fourth-order valence-corrected chi connectivity index (χ4v) is 7.94. The Kier molecular flexibility index (Phi) is 45.5. The number of hydrogen-bond donors (Lipinski definition) is 6. The summed E-state index contributed by atoms with van der Waals surface area (Å²) in [4.78, 5) is 26.4. The molecule has 0 radical (unpaired) electrons. The Bertz CT molecular complexity index is 1710. The topological polar surface area (TPSA) is 175 Å². The Morgan fingerprint density at radius 3 is 1.61 bits per heavy atom. The highest BCUT2D eigenvalue weighted by atomic mass is 16.7. The van der Waals surface area contributed by atoms with Gasteiger partial charge in [0.15, 0.2) is 12.4 Å². The van der Waals surface area contributed by atoms with Gasteiger partial charge in [0.1, 0.15) is 24.4 Å². The van der Waals surface area contributed by atoms with E-state index in [4.69, 9.17) is 14.2 Å². The second-order valence-electron chi connectivity index (χ2n) is 19.0. The highest BCUT2D eigenvalue weighted by Crippen LogP contribution is 2.26. The van der Waals surface area contributed by atoms with Gasteiger partial charge in [0.2, 0.25) is 5.91 Å². The molecule has 1 amide bonds. The maximum atomic E-state index is 13.4. The van der Waals surface area contributed by atoms with Gasteiger partial charge in [-0.15, -0.1) is 0 Å². The number of unbranched alkanes of at least 4 members (excludes halogenated alkanes) is 15. The van der Waals surface area contributed by atoms with Crippen molar-refractivity contribution in [3.8, 4) is 0 Å². The van der Waals surface area contributed by atoms with Gasteiger partial charge in [0, 0.05) is 6.42 Å². The van der Waals surface area contributed by atoms with Crippen LogP contribution in [0.1, 0.15) is 188 Å². The van der Waals surface area contributed by atoms with Crippen molar-refractivity contribution in [3.63, 3.8) is 0 Å². The zero-order valence-corrected chi connectivity index (χ0v) is 45.9. The molecule has 0 spiro atoms. The lowest BCUT2D eigenvalue weighted by atomic mass is 9.99. The highest BCUT2D eigenvalue weighted by molar-refractivity contribution is 5.80. The van der Waals surface area contributed by atoms with Crippen molar-refractivity contribution in [1.82, 2.24) is 5.32 Å². The third-order valence-corrected chi connectivity index (χ3v) is 12.4. The Hall–Kier alpha value is -4.20. The van der Waals surface area contributed by atoms with E-state index in [0.717, 1.165) is 89.9 Å². The average Bonchev–Trinajstić information content (AvgIpc) is 3.40. The van der Waals surface area contributed by atoms with Crippen LogP contribution in [0.5, 0.6) is 0 Å². The predicted molar refractivity (Wildman–Crippen MR) is 305 cm³/mol. The Morgan fingerprint density at radius 2 is 1.04 bits per heavy atom. The number of hydrogen-bond acceptors (Lipinski definition) is 10. The molecular formula is C63H101NO10. The van der Waals surface area contributed by atoms with Crippen molar-refractivity contribution in [2.75, 3.05) is 13.2 Å². The molecule has 74 heavy (non-hydrogen) atoms. The lowest BCUT2D eigenvalue weighted by molar-refractivity contribution is -0.305. The summed E-state index contributed by atoms with van der Waals surface area (Å²) in [7, 11) is 0. The van der Waals surface area contributed by atoms with E-state index in [0.29, 0.717) is 19.3 Å². The molecule has 1 saturated heterocycles. The molecule has 11 nitrogen and oxygen atoms in total. The molecule has 0 saturated carbocycles. The standard InChI is InChI=1S/C63H101NO10/c1-4-7-10-13-16-19-22-25-26-27-28-29-30-31-33-35-38-41-44-47-50-56(67)62(71)64-54(55(66)49-46-43-40-37-34-24-21-18-15-12-9-6-3)53-72-63-61(60(70)59(69)57(52-65)73-63)74-58(68)51-48-45-42-39-36-32-23-20-17-14-11-8-5-2/h7-8,10-11,14,16-17,19-20,23,25-26,28-29,31-33,36,39,42,46,49,54-57,59-61,63,65-67,69-70H,4-6,9,12-13,15,18,21-22,24,27,30,34-35,37-38,40-41,43-45,47-48,50-53H2,1-3H3,(H,64,71)/b10-7-,11-8+,17-14+,19-16-,23-20-,26-25-,29-28-,33-31-,36-32-,42-39+,49-46+. The zero-order chi connectivity index (χ0) is 54.0. The summed E-state index contributed by atoms with van der Waals surface area (Å²) < 4.78 is 17.5. The van der Waals surface area contributed by atoms with Crippen LogP contribution in [-0.2, 0) is 23.8 Å². The second-order valence-corrected chi connectivity index (χ2v) is 19.0. The molecule has 418 valence electrons. The predicted octanol–water partition coefficient (Wildman–Crippen LogP) is 12.9. The smallest absolute Gasteiger partial charge is 0.306 e. The van der Waals surface area contributed by atoms with Gasteiger partial charge in [-0.3, -0.25) is 9.59 Å². The first-order valence-electron chi connectivity index (χ1n) is 28.5. The van der Waals surface area contributed by atoms with Gasteiger partial charge in [0.25, 0.3) is 0 Å². The molecule has 1 heterocycles. The molecule has 11 heteroatoms. The minimum atomic E-state index is -1.65. The summed E-state index contributed by atoms with van der Waals surface area (Å²) in [5.41, 5.74) is 0. The van der Waals surface area contributed by atoms with Crippen LogP contribution in [0.2, 0.25) is 0 Å². The van der Waals surface area contributed by atoms with Crippen LogP contribution in [0.15, 0.2) is 134 Å². The minimum absolute atomic E-state index is 0.0168. The summed E-state index contributed by atoms with van der Waals surface area (Å²) in [6, 6.07) is -1.06. The monoisotopic (exact) mass is 1030 g/mol. The van der Waals surface area contributed by atoms with Gasteiger partial charge in [-0.05, 0) is 83.5 Å². The Balaban J connectivity index is 2.78. The summed E-state index contributed by atoms with van der Waals surface area (Å²) in [6.45, 7) is 5.44. The molecule has 0 bridgehead atoms. The number of carbonyl (C=O) groups excluding carboxylic acids is 2. The molecule has 0 aliphatic carbocycles. The zero-order valence-electron chi connectivity index (χ0n) is 45.9. The fraction of sp³-hybridized carbons (Fsp3) is 0.619. The van der Waals surface area contributed by atoms with E-state index < -0.39 is 67.4 Å². The van der Waals surface area contributed by atoms with E-state index in [1.165, 1.54) is 44.9 Å². The van der Waals surface area contributed by atoms with Crippen molar-refractivity contribution in [3.05, 3.63) is 134 Å². The van der Waals surface area contributed by atoms with E-state index in [-0.39, 0.29) is 19.4 Å². The molecule has 6 N–H and O–H groups in total. The highest BCUT2D eigenvalue weighted by Gasteiger charge is 2.47. The summed E-state index contributed by atoms with van der Waals surface area (Å²) in [5.74, 6) is -1.31. The first kappa shape index (κ1) is 67.8. The molecule has 0 aromatic carbocycles. The second kappa shape index (κ2) is 49.7. The van der Waals surface area contributed by atoms with E-state index in [1.807, 2.05) is 60.8 Å². The van der Waals surface area contributed by atoms with Crippen molar-refractivity contribution < 1.29 is 49.3 Å². The molecule has 0 aromatic heterocycles. The number of rotatable bonds is 45. The molecule has 1 aliphatic heterocycles. The third kappa shape index (κ3) is 37.5. The largest absolute Gasteiger partial charge is 0.454 e. The number of aliphatic hydroxyl groups is 5. The normalized spacial score (nSPS) is 20.4. The van der Waals surface area contributed by atoms with Crippen LogP contribution < -0.4 is 5.32 Å². The van der Waals surface area contributed by atoms with Crippen LogP contribution >= 0.6 is 0 Å². The van der Waals surface area contributed by atoms with E-state index >= 15 is 0 Å². The fourth-order valence-electron chi connectivity index (χ4n) is 7.94. The molecule has 1 rings (SSSR count). The summed E-state index contributed by atoms with van der Waals surface area (Å²) >= 11 is 0. The van der Waals surface area contributed by atoms with Crippen LogP contribution in [0.25, 0.3) is 0 Å². The molecule has 1 fully saturated rings. The third-order valence-electron chi connectivity index (χ3n) is 12.4. The van der Waals surface area contributed by atoms with Crippen molar-refractivity contribution in [2.24, 2.45) is 0 Å². The van der Waals surface area contributed by atoms with Gasteiger partial charge >= 0.3 is 5.97 Å². The summed E-state index contributed by atoms with van der Waals surface area (Å²) in [6.07, 6.45) is 59.3. The van der Waals surface area contributed by atoms with Gasteiger partial charge in [0.05, 0.1) is 25.4 Å². The number of esters is 1. The van der Waals surface area contributed by atoms with Crippen molar-refractivity contribution >= 4 is 11.9 Å². The van der Waals surface area contributed by atoms with E-state index in [2.05, 4.69) is 92.9 Å². The Labute approximate surface area is 448 Å². The van der Waals surface area contributed by atoms with Crippen LogP contribution in [0.4, 0.5) is 0 Å². The number of aliphatic hydroxyl groups excluding tert-OH is 5. The number of nitrogens with one attached hydrogen (secondary N) is 1. The van der Waals surface area contributed by atoms with Crippen LogP contribution in [-0.4, -0.2) is 99.6 Å². The molecule has 1 aliphatic rings. The maximum Gasteiger partial charge on any atom is 0.306 e. The van der Waals surface area contributed by atoms with Gasteiger partial charge < -0.3 is 45.1 Å². The molecular weight excluding hydrogens is 931 g/mol. The number of amides is 1. The minimum Gasteiger partial charge on any atom is -0.454 e. The van der Waals surface area contributed by atoms with Crippen molar-refractivity contribution in [2.45, 2.75) is 237 Å². The lowest BCUT2D eigenvalue weighted by Gasteiger charge is -2.41. The van der Waals surface area contributed by atoms with Gasteiger partial charge in [-0.1, -0.05) is 231 Å². The quantitative estimate of drug-likeness (QED) is 0.0149. The number of ether oxygens (including phenoxy) is 3. The van der Waals surface area contributed by atoms with E-state index in [1.54, 1.807) is 6.08 Å². The SMILES string of the molecule is CC/C=C\C/C=C\C/C=C\C/C=C\C/C=C\CCCCCCC(O)C(=O)NC(COC1OC(CO)C(O)C(O)C1OC(=O)CCC/C=C/C=C\C=C/C=C/C=C/CC)C(O)/C=C/CCCCCCCCCCCC. The first-order chi connectivity index (χ1) is 36.2. The molecule has 8 unspecified atom stereocenters.